The van der Waals surface area contributed by atoms with Gasteiger partial charge in [-0.25, -0.2) is 0 Å². The van der Waals surface area contributed by atoms with E-state index in [4.69, 9.17) is 4.74 Å². The van der Waals surface area contributed by atoms with Crippen molar-refractivity contribution < 1.29 is 19.1 Å². The monoisotopic (exact) mass is 404 g/mol. The number of esters is 1. The maximum Gasteiger partial charge on any atom is 0.311 e. The number of amides is 1. The quantitative estimate of drug-likeness (QED) is 0.500. The summed E-state index contributed by atoms with van der Waals surface area (Å²) in [5.41, 5.74) is 4.12. The second kappa shape index (κ2) is 8.14. The van der Waals surface area contributed by atoms with Gasteiger partial charge in [-0.1, -0.05) is 37.3 Å². The summed E-state index contributed by atoms with van der Waals surface area (Å²) in [6.07, 6.45) is 1.02. The summed E-state index contributed by atoms with van der Waals surface area (Å²) in [6, 6.07) is 15.3. The summed E-state index contributed by atoms with van der Waals surface area (Å²) in [5, 5.41) is 0.814. The van der Waals surface area contributed by atoms with Crippen LogP contribution in [0.3, 0.4) is 0 Å². The number of H-pyrrole nitrogens is 1. The molecule has 1 fully saturated rings. The Morgan fingerprint density at radius 1 is 1.13 bits per heavy atom. The first kappa shape index (κ1) is 19.9. The first-order valence-electron chi connectivity index (χ1n) is 10.1. The van der Waals surface area contributed by atoms with E-state index in [1.165, 1.54) is 5.56 Å². The molecule has 154 valence electrons. The fourth-order valence-corrected chi connectivity index (χ4v) is 3.99. The van der Waals surface area contributed by atoms with Crippen molar-refractivity contribution in [2.24, 2.45) is 5.92 Å². The number of Topliss-reactive ketones (excluding diaryl/α,β-unsaturated/α-hetero) is 1. The molecule has 1 atom stereocenters. The van der Waals surface area contributed by atoms with Crippen LogP contribution in [0.4, 0.5) is 5.69 Å². The number of aromatic nitrogens is 1. The van der Waals surface area contributed by atoms with Gasteiger partial charge in [0.1, 0.15) is 0 Å². The molecule has 2 aromatic carbocycles. The maximum absolute atomic E-state index is 12.7. The fourth-order valence-electron chi connectivity index (χ4n) is 3.99. The number of rotatable bonds is 6. The number of hydrogen-bond acceptors (Lipinski definition) is 4. The van der Waals surface area contributed by atoms with E-state index in [0.29, 0.717) is 5.56 Å². The van der Waals surface area contributed by atoms with Gasteiger partial charge >= 0.3 is 5.97 Å². The zero-order valence-electron chi connectivity index (χ0n) is 17.1. The van der Waals surface area contributed by atoms with Gasteiger partial charge in [-0.15, -0.1) is 0 Å². The van der Waals surface area contributed by atoms with Crippen LogP contribution in [0.25, 0.3) is 10.9 Å². The Hall–Kier alpha value is -3.41. The third-order valence-corrected chi connectivity index (χ3v) is 5.63. The van der Waals surface area contributed by atoms with Gasteiger partial charge in [0.2, 0.25) is 11.7 Å². The van der Waals surface area contributed by atoms with E-state index in [1.54, 1.807) is 4.90 Å². The molecule has 0 bridgehead atoms. The molecule has 3 aromatic rings. The van der Waals surface area contributed by atoms with Crippen LogP contribution in [0.2, 0.25) is 0 Å². The van der Waals surface area contributed by atoms with E-state index in [-0.39, 0.29) is 31.3 Å². The number of ether oxygens (including phenoxy) is 1. The molecule has 1 aliphatic rings. The second-order valence-corrected chi connectivity index (χ2v) is 7.63. The lowest BCUT2D eigenvalue weighted by atomic mass is 10.1. The average Bonchev–Trinajstić information content (AvgIpc) is 3.31. The molecule has 0 aliphatic carbocycles. The standard InChI is InChI=1S/C24H24N2O4/c1-3-16-8-10-18(11-9-16)26-13-17(12-22(26)28)24(29)30-14-21(27)23-15(2)25-20-7-5-4-6-19(20)23/h4-11,17,25H,3,12-14H2,1-2H3/t17-/m1/s1. The van der Waals surface area contributed by atoms with Crippen molar-refractivity contribution in [3.05, 3.63) is 65.4 Å². The minimum atomic E-state index is -0.569. The zero-order valence-corrected chi connectivity index (χ0v) is 17.1. The van der Waals surface area contributed by atoms with Crippen LogP contribution in [0.15, 0.2) is 48.5 Å². The molecular weight excluding hydrogens is 380 g/mol. The SMILES string of the molecule is CCc1ccc(N2C[C@H](C(=O)OCC(=O)c3c(C)[nH]c4ccccc34)CC2=O)cc1. The van der Waals surface area contributed by atoms with Crippen LogP contribution in [0.1, 0.15) is 35.0 Å². The van der Waals surface area contributed by atoms with Crippen LogP contribution in [-0.4, -0.2) is 35.8 Å². The third kappa shape index (κ3) is 3.73. The molecule has 1 aromatic heterocycles. The van der Waals surface area contributed by atoms with Crippen LogP contribution < -0.4 is 4.90 Å². The molecule has 4 rings (SSSR count). The van der Waals surface area contributed by atoms with Gasteiger partial charge in [-0.2, -0.15) is 0 Å². The highest BCUT2D eigenvalue weighted by Gasteiger charge is 2.36. The summed E-state index contributed by atoms with van der Waals surface area (Å²) in [4.78, 5) is 42.4. The summed E-state index contributed by atoms with van der Waals surface area (Å²) in [6.45, 7) is 3.83. The van der Waals surface area contributed by atoms with Crippen molar-refractivity contribution in [2.75, 3.05) is 18.1 Å². The van der Waals surface area contributed by atoms with Gasteiger partial charge in [0, 0.05) is 40.8 Å². The van der Waals surface area contributed by atoms with Crippen molar-refractivity contribution in [1.82, 2.24) is 4.98 Å². The number of anilines is 1. The van der Waals surface area contributed by atoms with Crippen molar-refractivity contribution in [3.63, 3.8) is 0 Å². The van der Waals surface area contributed by atoms with E-state index >= 15 is 0 Å². The van der Waals surface area contributed by atoms with Gasteiger partial charge in [-0.05, 0) is 37.1 Å². The number of para-hydroxylation sites is 1. The molecule has 0 radical (unpaired) electrons. The van der Waals surface area contributed by atoms with Gasteiger partial charge in [-0.3, -0.25) is 14.4 Å². The van der Waals surface area contributed by atoms with E-state index in [2.05, 4.69) is 11.9 Å². The lowest BCUT2D eigenvalue weighted by molar-refractivity contribution is -0.147. The van der Waals surface area contributed by atoms with E-state index in [9.17, 15) is 14.4 Å². The predicted octanol–water partition coefficient (Wildman–Crippen LogP) is 3.82. The van der Waals surface area contributed by atoms with Crippen LogP contribution in [0, 0.1) is 12.8 Å². The number of aryl methyl sites for hydroxylation is 2. The van der Waals surface area contributed by atoms with Crippen LogP contribution in [0.5, 0.6) is 0 Å². The Labute approximate surface area is 174 Å². The van der Waals surface area contributed by atoms with Gasteiger partial charge in [0.15, 0.2) is 6.61 Å². The Balaban J connectivity index is 1.40. The normalized spacial score (nSPS) is 16.3. The largest absolute Gasteiger partial charge is 0.457 e. The summed E-state index contributed by atoms with van der Waals surface area (Å²) >= 11 is 0. The fraction of sp³-hybridized carbons (Fsp3) is 0.292. The van der Waals surface area contributed by atoms with Gasteiger partial charge in [0.25, 0.3) is 0 Å². The molecule has 1 N–H and O–H groups in total. The topological polar surface area (TPSA) is 79.5 Å². The molecule has 1 saturated heterocycles. The number of hydrogen-bond donors (Lipinski definition) is 1. The number of benzene rings is 2. The number of nitrogens with one attached hydrogen (secondary N) is 1. The molecular formula is C24H24N2O4. The average molecular weight is 404 g/mol. The molecule has 0 unspecified atom stereocenters. The second-order valence-electron chi connectivity index (χ2n) is 7.63. The number of carbonyl (C=O) groups excluding carboxylic acids is 3. The van der Waals surface area contributed by atoms with Crippen LogP contribution >= 0.6 is 0 Å². The first-order valence-corrected chi connectivity index (χ1v) is 10.1. The molecule has 1 amide bonds. The summed E-state index contributed by atoms with van der Waals surface area (Å²) in [7, 11) is 0. The third-order valence-electron chi connectivity index (χ3n) is 5.63. The van der Waals surface area contributed by atoms with E-state index in [1.807, 2.05) is 55.5 Å². The maximum atomic E-state index is 12.7. The smallest absolute Gasteiger partial charge is 0.311 e. The zero-order chi connectivity index (χ0) is 21.3. The highest BCUT2D eigenvalue weighted by molar-refractivity contribution is 6.10. The minimum absolute atomic E-state index is 0.0919. The number of carbonyl (C=O) groups is 3. The van der Waals surface area contributed by atoms with Crippen molar-refractivity contribution in [2.45, 2.75) is 26.7 Å². The molecule has 1 aliphatic heterocycles. The number of aromatic amines is 1. The Morgan fingerprint density at radius 3 is 2.60 bits per heavy atom. The van der Waals surface area contributed by atoms with E-state index < -0.39 is 11.9 Å². The van der Waals surface area contributed by atoms with Gasteiger partial charge in [0.05, 0.1) is 5.92 Å². The number of nitrogens with zero attached hydrogens (tertiary/aromatic N) is 1. The molecule has 30 heavy (non-hydrogen) atoms. The Kier molecular flexibility index (Phi) is 5.40. The lowest BCUT2D eigenvalue weighted by Crippen LogP contribution is -2.27. The summed E-state index contributed by atoms with van der Waals surface area (Å²) < 4.78 is 5.30. The number of ketones is 1. The Bertz CT molecular complexity index is 1110. The van der Waals surface area contributed by atoms with Crippen LogP contribution in [-0.2, 0) is 20.7 Å². The Morgan fingerprint density at radius 2 is 1.87 bits per heavy atom. The molecule has 6 nitrogen and oxygen atoms in total. The number of fused-ring (bicyclic) bond motifs is 1. The lowest BCUT2D eigenvalue weighted by Gasteiger charge is -2.17. The van der Waals surface area contributed by atoms with Gasteiger partial charge < -0.3 is 14.6 Å². The summed E-state index contributed by atoms with van der Waals surface area (Å²) in [5.74, 6) is -1.45. The first-order chi connectivity index (χ1) is 14.5. The molecule has 2 heterocycles. The highest BCUT2D eigenvalue weighted by atomic mass is 16.5. The van der Waals surface area contributed by atoms with Crippen molar-refractivity contribution in [3.8, 4) is 0 Å². The van der Waals surface area contributed by atoms with E-state index in [0.717, 1.165) is 28.7 Å². The predicted molar refractivity (Wildman–Crippen MR) is 115 cm³/mol. The molecule has 0 saturated carbocycles. The highest BCUT2D eigenvalue weighted by Crippen LogP contribution is 2.27. The molecule has 6 heteroatoms. The van der Waals surface area contributed by atoms with Crippen molar-refractivity contribution >= 4 is 34.3 Å². The van der Waals surface area contributed by atoms with Crippen molar-refractivity contribution in [1.29, 1.82) is 0 Å². The minimum Gasteiger partial charge on any atom is -0.457 e. The molecule has 0 spiro atoms.